The molecule has 0 saturated carbocycles. The van der Waals surface area contributed by atoms with Gasteiger partial charge in [-0.05, 0) is 6.92 Å². The number of methoxy groups -OCH3 is 1. The molecule has 0 fully saturated rings. The monoisotopic (exact) mass is 118 g/mol. The van der Waals surface area contributed by atoms with Crippen LogP contribution in [-0.2, 0) is 4.74 Å². The first kappa shape index (κ1) is 7.88. The largest absolute Gasteiger partial charge is 0.383 e. The zero-order valence-corrected chi connectivity index (χ0v) is 5.48. The van der Waals surface area contributed by atoms with Crippen LogP contribution >= 0.6 is 0 Å². The first-order valence-electron chi connectivity index (χ1n) is 2.60. The molecule has 0 rings (SSSR count). The molecule has 0 heterocycles. The molecule has 0 aromatic carbocycles. The van der Waals surface area contributed by atoms with Gasteiger partial charge >= 0.3 is 0 Å². The van der Waals surface area contributed by atoms with Crippen molar-refractivity contribution in [2.24, 2.45) is 11.5 Å². The van der Waals surface area contributed by atoms with Gasteiger partial charge in [0.2, 0.25) is 0 Å². The van der Waals surface area contributed by atoms with Crippen molar-refractivity contribution >= 4 is 0 Å². The van der Waals surface area contributed by atoms with Crippen molar-refractivity contribution < 1.29 is 4.74 Å². The highest BCUT2D eigenvalue weighted by Crippen LogP contribution is 1.93. The number of hydrogen-bond acceptors (Lipinski definition) is 3. The summed E-state index contributed by atoms with van der Waals surface area (Å²) in [6.45, 7) is 2.83. The molecule has 4 N–H and O–H groups in total. The van der Waals surface area contributed by atoms with E-state index < -0.39 is 0 Å². The van der Waals surface area contributed by atoms with Crippen LogP contribution in [0.25, 0.3) is 0 Å². The fourth-order valence-electron chi connectivity index (χ4n) is 0.389. The summed E-state index contributed by atoms with van der Waals surface area (Å²) in [5.74, 6) is 0. The van der Waals surface area contributed by atoms with Crippen molar-refractivity contribution in [3.63, 3.8) is 0 Å². The molecule has 0 unspecified atom stereocenters. The van der Waals surface area contributed by atoms with Crippen molar-refractivity contribution in [1.82, 2.24) is 0 Å². The minimum absolute atomic E-state index is 0.352. The van der Waals surface area contributed by atoms with E-state index in [9.17, 15) is 0 Å². The maximum atomic E-state index is 5.58. The molecule has 0 saturated heterocycles. The van der Waals surface area contributed by atoms with Gasteiger partial charge in [-0.1, -0.05) is 0 Å². The third-order valence-electron chi connectivity index (χ3n) is 0.940. The minimum Gasteiger partial charge on any atom is -0.383 e. The van der Waals surface area contributed by atoms with Crippen LogP contribution in [0.1, 0.15) is 6.92 Å². The first-order chi connectivity index (χ1) is 3.62. The summed E-state index contributed by atoms with van der Waals surface area (Å²) in [6, 6.07) is 0. The van der Waals surface area contributed by atoms with Gasteiger partial charge < -0.3 is 16.2 Å². The third-order valence-corrected chi connectivity index (χ3v) is 0.940. The van der Waals surface area contributed by atoms with E-state index in [0.29, 0.717) is 13.2 Å². The van der Waals surface area contributed by atoms with E-state index in [1.807, 2.05) is 6.92 Å². The van der Waals surface area contributed by atoms with Crippen molar-refractivity contribution in [2.45, 2.75) is 12.5 Å². The van der Waals surface area contributed by atoms with Gasteiger partial charge in [0, 0.05) is 19.2 Å². The van der Waals surface area contributed by atoms with Crippen LogP contribution in [0, 0.1) is 0 Å². The summed E-state index contributed by atoms with van der Waals surface area (Å²) >= 11 is 0. The fraction of sp³-hybridized carbons (Fsp3) is 1.00. The summed E-state index contributed by atoms with van der Waals surface area (Å²) in [5, 5.41) is 0. The summed E-state index contributed by atoms with van der Waals surface area (Å²) in [6.07, 6.45) is 0. The van der Waals surface area contributed by atoms with Gasteiger partial charge in [0.1, 0.15) is 0 Å². The van der Waals surface area contributed by atoms with Crippen LogP contribution in [0.15, 0.2) is 0 Å². The lowest BCUT2D eigenvalue weighted by Crippen LogP contribution is -2.47. The molecular weight excluding hydrogens is 104 g/mol. The standard InChI is InChI=1S/C5H14N2O/c1-5(7,3-6)4-8-2/h3-4,6-7H2,1-2H3/t5-/m1/s1. The highest BCUT2D eigenvalue weighted by molar-refractivity contribution is 4.78. The van der Waals surface area contributed by atoms with Gasteiger partial charge in [0.15, 0.2) is 0 Å². The van der Waals surface area contributed by atoms with E-state index in [0.717, 1.165) is 0 Å². The Morgan fingerprint density at radius 3 is 2.25 bits per heavy atom. The predicted octanol–water partition coefficient (Wildman–Crippen LogP) is -0.691. The fourth-order valence-corrected chi connectivity index (χ4v) is 0.389. The molecule has 0 aromatic rings. The molecular formula is C5H14N2O. The maximum Gasteiger partial charge on any atom is 0.0652 e. The van der Waals surface area contributed by atoms with Crippen molar-refractivity contribution in [2.75, 3.05) is 20.3 Å². The molecule has 0 aliphatic heterocycles. The van der Waals surface area contributed by atoms with E-state index in [-0.39, 0.29) is 5.54 Å². The average Bonchev–Trinajstić information content (AvgIpc) is 1.67. The summed E-state index contributed by atoms with van der Waals surface area (Å²) in [5.41, 5.74) is 10.5. The second-order valence-corrected chi connectivity index (χ2v) is 2.29. The van der Waals surface area contributed by atoms with E-state index in [1.54, 1.807) is 7.11 Å². The number of rotatable bonds is 3. The van der Waals surface area contributed by atoms with E-state index in [4.69, 9.17) is 16.2 Å². The van der Waals surface area contributed by atoms with Crippen molar-refractivity contribution in [1.29, 1.82) is 0 Å². The van der Waals surface area contributed by atoms with Crippen LogP contribution < -0.4 is 11.5 Å². The molecule has 0 bridgehead atoms. The molecule has 0 aliphatic carbocycles. The Morgan fingerprint density at radius 2 is 2.12 bits per heavy atom. The normalized spacial score (nSPS) is 18.0. The van der Waals surface area contributed by atoms with Gasteiger partial charge in [-0.2, -0.15) is 0 Å². The van der Waals surface area contributed by atoms with E-state index in [2.05, 4.69) is 0 Å². The lowest BCUT2D eigenvalue weighted by atomic mass is 10.1. The Kier molecular flexibility index (Phi) is 2.97. The number of nitrogens with two attached hydrogens (primary N) is 2. The zero-order chi connectivity index (χ0) is 6.62. The third kappa shape index (κ3) is 2.96. The van der Waals surface area contributed by atoms with Crippen LogP contribution in [0.3, 0.4) is 0 Å². The minimum atomic E-state index is -0.352. The molecule has 8 heavy (non-hydrogen) atoms. The smallest absolute Gasteiger partial charge is 0.0652 e. The van der Waals surface area contributed by atoms with Gasteiger partial charge in [0.05, 0.1) is 6.61 Å². The van der Waals surface area contributed by atoms with Gasteiger partial charge in [0.25, 0.3) is 0 Å². The van der Waals surface area contributed by atoms with Crippen LogP contribution in [0.2, 0.25) is 0 Å². The number of hydrogen-bond donors (Lipinski definition) is 2. The van der Waals surface area contributed by atoms with E-state index in [1.165, 1.54) is 0 Å². The van der Waals surface area contributed by atoms with Crippen LogP contribution in [-0.4, -0.2) is 25.8 Å². The highest BCUT2D eigenvalue weighted by Gasteiger charge is 2.14. The van der Waals surface area contributed by atoms with Crippen LogP contribution in [0.4, 0.5) is 0 Å². The molecule has 0 aromatic heterocycles. The maximum absolute atomic E-state index is 5.58. The Bertz CT molecular complexity index is 63.4. The summed E-state index contributed by atoms with van der Waals surface area (Å²) in [7, 11) is 1.61. The van der Waals surface area contributed by atoms with Crippen molar-refractivity contribution in [3.8, 4) is 0 Å². The van der Waals surface area contributed by atoms with Crippen LogP contribution in [0.5, 0.6) is 0 Å². The lowest BCUT2D eigenvalue weighted by molar-refractivity contribution is 0.144. The van der Waals surface area contributed by atoms with E-state index >= 15 is 0 Å². The lowest BCUT2D eigenvalue weighted by Gasteiger charge is -2.20. The van der Waals surface area contributed by atoms with Crippen molar-refractivity contribution in [3.05, 3.63) is 0 Å². The molecule has 0 amide bonds. The molecule has 0 spiro atoms. The molecule has 1 atom stereocenters. The first-order valence-corrected chi connectivity index (χ1v) is 2.60. The Balaban J connectivity index is 3.37. The summed E-state index contributed by atoms with van der Waals surface area (Å²) in [4.78, 5) is 0. The Morgan fingerprint density at radius 1 is 1.62 bits per heavy atom. The molecule has 50 valence electrons. The van der Waals surface area contributed by atoms with Gasteiger partial charge in [-0.3, -0.25) is 0 Å². The molecule has 0 radical (unpaired) electrons. The van der Waals surface area contributed by atoms with Gasteiger partial charge in [-0.25, -0.2) is 0 Å². The molecule has 3 nitrogen and oxygen atoms in total. The zero-order valence-electron chi connectivity index (χ0n) is 5.48. The Hall–Kier alpha value is -0.120. The predicted molar refractivity (Wildman–Crippen MR) is 33.5 cm³/mol. The topological polar surface area (TPSA) is 61.3 Å². The second kappa shape index (κ2) is 3.02. The molecule has 3 heteroatoms. The second-order valence-electron chi connectivity index (χ2n) is 2.29. The SMILES string of the molecule is COC[C@](C)(N)CN. The molecule has 0 aliphatic rings. The average molecular weight is 118 g/mol. The number of ether oxygens (including phenoxy) is 1. The quantitative estimate of drug-likeness (QED) is 0.515. The Labute approximate surface area is 50.0 Å². The summed E-state index contributed by atoms with van der Waals surface area (Å²) < 4.78 is 4.79. The van der Waals surface area contributed by atoms with Gasteiger partial charge in [-0.15, -0.1) is 0 Å². The highest BCUT2D eigenvalue weighted by atomic mass is 16.5.